The van der Waals surface area contributed by atoms with Crippen molar-refractivity contribution in [1.29, 1.82) is 0 Å². The van der Waals surface area contributed by atoms with Gasteiger partial charge >= 0.3 is 0 Å². The van der Waals surface area contributed by atoms with Crippen molar-refractivity contribution in [1.82, 2.24) is 9.78 Å². The molecule has 1 amide bonds. The van der Waals surface area contributed by atoms with Gasteiger partial charge in [0.1, 0.15) is 12.4 Å². The maximum atomic E-state index is 13.0. The first-order chi connectivity index (χ1) is 11.4. The summed E-state index contributed by atoms with van der Waals surface area (Å²) in [5, 5.41) is 4.45. The smallest absolute Gasteiger partial charge is 0.230 e. The van der Waals surface area contributed by atoms with Crippen molar-refractivity contribution >= 4 is 11.6 Å². The van der Waals surface area contributed by atoms with E-state index in [9.17, 15) is 4.79 Å². The molecule has 1 unspecified atom stereocenters. The van der Waals surface area contributed by atoms with Crippen molar-refractivity contribution in [3.05, 3.63) is 40.7 Å². The van der Waals surface area contributed by atoms with Crippen LogP contribution >= 0.6 is 0 Å². The highest BCUT2D eigenvalue weighted by Gasteiger charge is 2.28. The molecule has 24 heavy (non-hydrogen) atoms. The molecule has 0 spiro atoms. The lowest BCUT2D eigenvalue weighted by Crippen LogP contribution is -2.41. The van der Waals surface area contributed by atoms with Crippen LogP contribution in [0.4, 0.5) is 5.69 Å². The SMILES string of the molecule is Cc1ccc2c(c1)OCCN2C(=O)C(C)Cc1c(C)nn(C)c1C. The van der Waals surface area contributed by atoms with Crippen LogP contribution < -0.4 is 9.64 Å². The van der Waals surface area contributed by atoms with Gasteiger partial charge in [0.25, 0.3) is 0 Å². The number of nitrogens with zero attached hydrogens (tertiary/aromatic N) is 3. The Bertz CT molecular complexity index is 779. The fraction of sp³-hybridized carbons (Fsp3) is 0.474. The number of anilines is 1. The number of hydrogen-bond donors (Lipinski definition) is 0. The number of ether oxygens (including phenoxy) is 1. The number of carbonyl (C=O) groups excluding carboxylic acids is 1. The largest absolute Gasteiger partial charge is 0.490 e. The fourth-order valence-electron chi connectivity index (χ4n) is 3.33. The number of amides is 1. The van der Waals surface area contributed by atoms with E-state index >= 15 is 0 Å². The Labute approximate surface area is 143 Å². The van der Waals surface area contributed by atoms with E-state index in [4.69, 9.17) is 4.74 Å². The lowest BCUT2D eigenvalue weighted by atomic mass is 9.97. The average molecular weight is 327 g/mol. The van der Waals surface area contributed by atoms with Gasteiger partial charge in [0.15, 0.2) is 0 Å². The topological polar surface area (TPSA) is 47.4 Å². The lowest BCUT2D eigenvalue weighted by Gasteiger charge is -2.31. The van der Waals surface area contributed by atoms with Gasteiger partial charge in [-0.2, -0.15) is 5.10 Å². The molecule has 1 aliphatic heterocycles. The van der Waals surface area contributed by atoms with Gasteiger partial charge in [-0.3, -0.25) is 9.48 Å². The first-order valence-corrected chi connectivity index (χ1v) is 8.42. The average Bonchev–Trinajstić information content (AvgIpc) is 2.79. The summed E-state index contributed by atoms with van der Waals surface area (Å²) in [5.74, 6) is 0.848. The molecule has 0 saturated heterocycles. The molecular weight excluding hydrogens is 302 g/mol. The Hall–Kier alpha value is -2.30. The van der Waals surface area contributed by atoms with Gasteiger partial charge < -0.3 is 9.64 Å². The molecule has 0 aliphatic carbocycles. The van der Waals surface area contributed by atoms with Crippen molar-refractivity contribution in [3.8, 4) is 5.75 Å². The minimum atomic E-state index is -0.0983. The zero-order valence-electron chi connectivity index (χ0n) is 15.1. The summed E-state index contributed by atoms with van der Waals surface area (Å²) in [7, 11) is 1.94. The van der Waals surface area contributed by atoms with Gasteiger partial charge in [-0.15, -0.1) is 0 Å². The van der Waals surface area contributed by atoms with Gasteiger partial charge in [0.05, 0.1) is 17.9 Å². The predicted molar refractivity (Wildman–Crippen MR) is 94.6 cm³/mol. The molecule has 0 N–H and O–H groups in total. The van der Waals surface area contributed by atoms with Gasteiger partial charge in [-0.25, -0.2) is 0 Å². The summed E-state index contributed by atoms with van der Waals surface area (Å²) in [6.07, 6.45) is 0.711. The number of benzene rings is 1. The number of hydrogen-bond acceptors (Lipinski definition) is 3. The lowest BCUT2D eigenvalue weighted by molar-refractivity contribution is -0.122. The number of aryl methyl sites for hydroxylation is 3. The molecule has 5 heteroatoms. The number of carbonyl (C=O) groups is 1. The molecule has 1 atom stereocenters. The van der Waals surface area contributed by atoms with E-state index in [0.717, 1.165) is 28.4 Å². The van der Waals surface area contributed by atoms with E-state index in [0.29, 0.717) is 19.6 Å². The highest BCUT2D eigenvalue weighted by atomic mass is 16.5. The Morgan fingerprint density at radius 3 is 2.75 bits per heavy atom. The van der Waals surface area contributed by atoms with Gasteiger partial charge in [0, 0.05) is 18.7 Å². The summed E-state index contributed by atoms with van der Waals surface area (Å²) in [6, 6.07) is 6.00. The monoisotopic (exact) mass is 327 g/mol. The summed E-state index contributed by atoms with van der Waals surface area (Å²) in [6.45, 7) is 9.23. The standard InChI is InChI=1S/C19H25N3O2/c1-12-6-7-17-18(10-12)24-9-8-22(17)19(23)13(2)11-16-14(3)20-21(5)15(16)4/h6-7,10,13H,8-9,11H2,1-5H3. The fourth-order valence-corrected chi connectivity index (χ4v) is 3.33. The van der Waals surface area contributed by atoms with Crippen LogP contribution in [-0.2, 0) is 18.3 Å². The first-order valence-electron chi connectivity index (χ1n) is 8.42. The van der Waals surface area contributed by atoms with Crippen LogP contribution in [0.5, 0.6) is 5.75 Å². The Balaban J connectivity index is 1.82. The highest BCUT2D eigenvalue weighted by Crippen LogP contribution is 2.33. The summed E-state index contributed by atoms with van der Waals surface area (Å²) in [5.41, 5.74) is 5.33. The molecule has 0 radical (unpaired) electrons. The van der Waals surface area contributed by atoms with Gasteiger partial charge in [-0.1, -0.05) is 13.0 Å². The summed E-state index contributed by atoms with van der Waals surface area (Å²) < 4.78 is 7.60. The third-order valence-electron chi connectivity index (χ3n) is 4.84. The van der Waals surface area contributed by atoms with E-state index in [1.807, 2.05) is 55.6 Å². The minimum absolute atomic E-state index is 0.0983. The summed E-state index contributed by atoms with van der Waals surface area (Å²) in [4.78, 5) is 14.9. The maximum absolute atomic E-state index is 13.0. The maximum Gasteiger partial charge on any atom is 0.230 e. The molecule has 1 aliphatic rings. The third kappa shape index (κ3) is 2.90. The van der Waals surface area contributed by atoms with Crippen LogP contribution in [0.1, 0.15) is 29.4 Å². The number of fused-ring (bicyclic) bond motifs is 1. The predicted octanol–water partition coefficient (Wildman–Crippen LogP) is 2.95. The Morgan fingerprint density at radius 1 is 1.33 bits per heavy atom. The van der Waals surface area contributed by atoms with E-state index in [2.05, 4.69) is 12.0 Å². The molecule has 2 aromatic rings. The highest BCUT2D eigenvalue weighted by molar-refractivity contribution is 5.96. The van der Waals surface area contributed by atoms with Crippen LogP contribution in [0, 0.1) is 26.7 Å². The van der Waals surface area contributed by atoms with Crippen LogP contribution in [0.2, 0.25) is 0 Å². The second-order valence-electron chi connectivity index (χ2n) is 6.69. The van der Waals surface area contributed by atoms with Crippen LogP contribution in [0.25, 0.3) is 0 Å². The molecule has 0 fully saturated rings. The van der Waals surface area contributed by atoms with Crippen molar-refractivity contribution in [2.75, 3.05) is 18.1 Å². The quantitative estimate of drug-likeness (QED) is 0.871. The van der Waals surface area contributed by atoms with Crippen LogP contribution in [0.15, 0.2) is 18.2 Å². The van der Waals surface area contributed by atoms with Crippen molar-refractivity contribution in [2.45, 2.75) is 34.1 Å². The van der Waals surface area contributed by atoms with Gasteiger partial charge in [-0.05, 0) is 50.5 Å². The van der Waals surface area contributed by atoms with Gasteiger partial charge in [0.2, 0.25) is 5.91 Å². The number of aromatic nitrogens is 2. The molecule has 0 bridgehead atoms. The second kappa shape index (κ2) is 6.30. The number of rotatable bonds is 3. The molecule has 2 heterocycles. The first kappa shape index (κ1) is 16.6. The molecule has 128 valence electrons. The molecule has 0 saturated carbocycles. The molecule has 1 aromatic heterocycles. The van der Waals surface area contributed by atoms with E-state index in [1.165, 1.54) is 5.56 Å². The van der Waals surface area contributed by atoms with Crippen LogP contribution in [0.3, 0.4) is 0 Å². The molecular formula is C19H25N3O2. The molecule has 3 rings (SSSR count). The van der Waals surface area contributed by atoms with Crippen molar-refractivity contribution in [2.24, 2.45) is 13.0 Å². The Kier molecular flexibility index (Phi) is 4.35. The van der Waals surface area contributed by atoms with E-state index < -0.39 is 0 Å². The minimum Gasteiger partial charge on any atom is -0.490 e. The summed E-state index contributed by atoms with van der Waals surface area (Å²) >= 11 is 0. The van der Waals surface area contributed by atoms with Crippen LogP contribution in [-0.4, -0.2) is 28.8 Å². The zero-order chi connectivity index (χ0) is 17.4. The molecule has 5 nitrogen and oxygen atoms in total. The normalized spacial score (nSPS) is 15.0. The second-order valence-corrected chi connectivity index (χ2v) is 6.69. The third-order valence-corrected chi connectivity index (χ3v) is 4.84. The van der Waals surface area contributed by atoms with Crippen molar-refractivity contribution < 1.29 is 9.53 Å². The van der Waals surface area contributed by atoms with E-state index in [1.54, 1.807) is 0 Å². The molecule has 1 aromatic carbocycles. The van der Waals surface area contributed by atoms with Crippen molar-refractivity contribution in [3.63, 3.8) is 0 Å². The van der Waals surface area contributed by atoms with E-state index in [-0.39, 0.29) is 11.8 Å². The zero-order valence-corrected chi connectivity index (χ0v) is 15.1. The Morgan fingerprint density at radius 2 is 2.08 bits per heavy atom.